The molecular weight excluding hydrogens is 450 g/mol. The molecule has 0 aliphatic rings. The molecular formula is C27H26FN2O3P. The molecule has 0 aliphatic carbocycles. The van der Waals surface area contributed by atoms with Crippen LogP contribution in [0.3, 0.4) is 0 Å². The Labute approximate surface area is 197 Å². The molecule has 7 heteroatoms. The molecule has 34 heavy (non-hydrogen) atoms. The van der Waals surface area contributed by atoms with Gasteiger partial charge in [0.15, 0.2) is 5.16 Å². The maximum atomic E-state index is 14.8. The van der Waals surface area contributed by atoms with Crippen molar-refractivity contribution in [2.75, 3.05) is 14.2 Å². The predicted molar refractivity (Wildman–Crippen MR) is 134 cm³/mol. The lowest BCUT2D eigenvalue weighted by molar-refractivity contribution is 0.259. The summed E-state index contributed by atoms with van der Waals surface area (Å²) in [6.45, 7) is 0. The molecule has 5 nitrogen and oxygen atoms in total. The van der Waals surface area contributed by atoms with Crippen LogP contribution in [-0.2, 0) is 32.9 Å². The summed E-state index contributed by atoms with van der Waals surface area (Å²) in [5, 5.41) is 0.458. The highest BCUT2D eigenvalue weighted by Crippen LogP contribution is 2.71. The molecule has 5 aromatic rings. The first-order valence-corrected chi connectivity index (χ1v) is 12.5. The Hall–Kier alpha value is -3.18. The Balaban J connectivity index is 2.06. The minimum absolute atomic E-state index is 0.377. The maximum Gasteiger partial charge on any atom is 0.349 e. The normalized spacial score (nSPS) is 12.6. The van der Waals surface area contributed by atoms with Crippen molar-refractivity contribution >= 4 is 29.4 Å². The van der Waals surface area contributed by atoms with Gasteiger partial charge in [-0.1, -0.05) is 48.5 Å². The summed E-state index contributed by atoms with van der Waals surface area (Å²) in [6.07, 6.45) is 3.95. The topological polar surface area (TPSA) is 45.4 Å². The van der Waals surface area contributed by atoms with E-state index in [1.807, 2.05) is 84.2 Å². The molecule has 0 spiro atoms. The Kier molecular flexibility index (Phi) is 5.48. The third-order valence-corrected chi connectivity index (χ3v) is 9.25. The maximum absolute atomic E-state index is 14.8. The number of aromatic nitrogens is 2. The molecule has 0 saturated heterocycles. The number of benzene rings is 3. The first-order chi connectivity index (χ1) is 16.4. The molecule has 3 aromatic carbocycles. The van der Waals surface area contributed by atoms with Crippen molar-refractivity contribution in [1.82, 2.24) is 9.13 Å². The van der Waals surface area contributed by atoms with E-state index in [0.29, 0.717) is 5.56 Å². The van der Waals surface area contributed by atoms with Crippen LogP contribution in [0.2, 0.25) is 0 Å². The number of hydrogen-bond donors (Lipinski definition) is 0. The second-order valence-electron chi connectivity index (χ2n) is 8.42. The highest BCUT2D eigenvalue weighted by Gasteiger charge is 2.56. The quantitative estimate of drug-likeness (QED) is 0.260. The molecule has 2 aromatic heterocycles. The summed E-state index contributed by atoms with van der Waals surface area (Å²) < 4.78 is 44.5. The SMILES string of the molecule is COP(=O)(OC)C(c1ccc(F)cc1)(c1cn(C)c2ccccc12)c1cn(C)c2ccccc12. The number of halogens is 1. The van der Waals surface area contributed by atoms with E-state index in [1.165, 1.54) is 26.4 Å². The minimum Gasteiger partial charge on any atom is -0.350 e. The van der Waals surface area contributed by atoms with Gasteiger partial charge in [-0.3, -0.25) is 4.57 Å². The van der Waals surface area contributed by atoms with Gasteiger partial charge < -0.3 is 18.2 Å². The fourth-order valence-corrected chi connectivity index (χ4v) is 7.32. The van der Waals surface area contributed by atoms with Gasteiger partial charge in [0, 0.05) is 73.6 Å². The summed E-state index contributed by atoms with van der Waals surface area (Å²) in [5.74, 6) is -0.377. The van der Waals surface area contributed by atoms with E-state index in [0.717, 1.165) is 32.9 Å². The largest absolute Gasteiger partial charge is 0.350 e. The van der Waals surface area contributed by atoms with Crippen LogP contribution >= 0.6 is 7.60 Å². The average molecular weight is 476 g/mol. The van der Waals surface area contributed by atoms with Crippen molar-refractivity contribution in [3.8, 4) is 0 Å². The highest BCUT2D eigenvalue weighted by atomic mass is 31.2. The van der Waals surface area contributed by atoms with E-state index in [4.69, 9.17) is 9.05 Å². The molecule has 0 atom stereocenters. The van der Waals surface area contributed by atoms with Crippen molar-refractivity contribution in [1.29, 1.82) is 0 Å². The Morgan fingerprint density at radius 3 is 1.62 bits per heavy atom. The summed E-state index contributed by atoms with van der Waals surface area (Å²) in [5.41, 5.74) is 4.10. The number of nitrogens with zero attached hydrogens (tertiary/aromatic N) is 2. The Morgan fingerprint density at radius 1 is 0.735 bits per heavy atom. The van der Waals surface area contributed by atoms with Crippen molar-refractivity contribution in [3.05, 3.63) is 108 Å². The van der Waals surface area contributed by atoms with E-state index in [1.54, 1.807) is 12.1 Å². The fourth-order valence-electron chi connectivity index (χ4n) is 5.21. The molecule has 0 aliphatic heterocycles. The Bertz CT molecular complexity index is 1460. The summed E-state index contributed by atoms with van der Waals surface area (Å²) in [7, 11) is 2.78. The third kappa shape index (κ3) is 3.03. The summed E-state index contributed by atoms with van der Waals surface area (Å²) in [6, 6.07) is 22.0. The van der Waals surface area contributed by atoms with Crippen LogP contribution < -0.4 is 0 Å². The van der Waals surface area contributed by atoms with Crippen LogP contribution in [-0.4, -0.2) is 23.4 Å². The van der Waals surface area contributed by atoms with Gasteiger partial charge in [0.1, 0.15) is 5.82 Å². The van der Waals surface area contributed by atoms with Crippen LogP contribution in [0.25, 0.3) is 21.8 Å². The van der Waals surface area contributed by atoms with E-state index < -0.39 is 12.8 Å². The molecule has 5 rings (SSSR count). The monoisotopic (exact) mass is 476 g/mol. The van der Waals surface area contributed by atoms with Gasteiger partial charge in [-0.25, -0.2) is 4.39 Å². The molecule has 0 bridgehead atoms. The van der Waals surface area contributed by atoms with Crippen LogP contribution in [0.5, 0.6) is 0 Å². The summed E-state index contributed by atoms with van der Waals surface area (Å²) >= 11 is 0. The molecule has 0 saturated carbocycles. The lowest BCUT2D eigenvalue weighted by Crippen LogP contribution is -2.31. The van der Waals surface area contributed by atoms with E-state index in [9.17, 15) is 8.96 Å². The van der Waals surface area contributed by atoms with Gasteiger partial charge in [-0.2, -0.15) is 0 Å². The molecule has 0 unspecified atom stereocenters. The molecule has 174 valence electrons. The fraction of sp³-hybridized carbons (Fsp3) is 0.185. The summed E-state index contributed by atoms with van der Waals surface area (Å²) in [4.78, 5) is 0. The highest BCUT2D eigenvalue weighted by molar-refractivity contribution is 7.55. The zero-order valence-electron chi connectivity index (χ0n) is 19.5. The Morgan fingerprint density at radius 2 is 1.18 bits per heavy atom. The van der Waals surface area contributed by atoms with Gasteiger partial charge in [0.2, 0.25) is 0 Å². The number of aryl methyl sites for hydroxylation is 2. The molecule has 0 radical (unpaired) electrons. The van der Waals surface area contributed by atoms with Crippen LogP contribution in [0, 0.1) is 5.82 Å². The number of rotatable bonds is 6. The van der Waals surface area contributed by atoms with Crippen LogP contribution in [0.15, 0.2) is 85.2 Å². The van der Waals surface area contributed by atoms with E-state index >= 15 is 0 Å². The second-order valence-corrected chi connectivity index (χ2v) is 10.8. The molecule has 0 N–H and O–H groups in total. The zero-order valence-corrected chi connectivity index (χ0v) is 20.4. The molecule has 2 heterocycles. The van der Waals surface area contributed by atoms with Crippen LogP contribution in [0.4, 0.5) is 4.39 Å². The lowest BCUT2D eigenvalue weighted by Gasteiger charge is -2.38. The van der Waals surface area contributed by atoms with E-state index in [2.05, 4.69) is 0 Å². The first-order valence-electron chi connectivity index (χ1n) is 10.9. The van der Waals surface area contributed by atoms with E-state index in [-0.39, 0.29) is 5.82 Å². The second kappa shape index (κ2) is 8.24. The standard InChI is InChI=1S/C27H26FN2O3P/c1-29-17-23(21-9-5-7-11-25(21)29)27(34(31,32-3)33-4,19-13-15-20(28)16-14-19)24-18-30(2)26-12-8-6-10-22(24)26/h5-18H,1-4H3. The minimum atomic E-state index is -3.93. The number of hydrogen-bond acceptors (Lipinski definition) is 3. The van der Waals surface area contributed by atoms with Gasteiger partial charge in [0.25, 0.3) is 0 Å². The molecule has 0 fully saturated rings. The average Bonchev–Trinajstić information content (AvgIpc) is 3.38. The first kappa shape index (κ1) is 22.6. The molecule has 0 amide bonds. The van der Waals surface area contributed by atoms with Gasteiger partial charge >= 0.3 is 7.60 Å². The number of para-hydroxylation sites is 2. The van der Waals surface area contributed by atoms with Gasteiger partial charge in [0.05, 0.1) is 0 Å². The third-order valence-electron chi connectivity index (χ3n) is 6.73. The lowest BCUT2D eigenvalue weighted by atomic mass is 9.83. The zero-order chi connectivity index (χ0) is 24.1. The van der Waals surface area contributed by atoms with Crippen molar-refractivity contribution < 1.29 is 18.0 Å². The van der Waals surface area contributed by atoms with Gasteiger partial charge in [-0.15, -0.1) is 0 Å². The van der Waals surface area contributed by atoms with Gasteiger partial charge in [-0.05, 0) is 29.8 Å². The smallest absolute Gasteiger partial charge is 0.349 e. The van der Waals surface area contributed by atoms with Crippen LogP contribution in [0.1, 0.15) is 16.7 Å². The van der Waals surface area contributed by atoms with Crippen molar-refractivity contribution in [3.63, 3.8) is 0 Å². The number of fused-ring (bicyclic) bond motifs is 2. The van der Waals surface area contributed by atoms with Crippen molar-refractivity contribution in [2.45, 2.75) is 5.16 Å². The van der Waals surface area contributed by atoms with Crippen molar-refractivity contribution in [2.24, 2.45) is 14.1 Å². The predicted octanol–water partition coefficient (Wildman–Crippen LogP) is 6.59.